The molecule has 0 fully saturated rings. The Hall–Kier alpha value is -0.900. The van der Waals surface area contributed by atoms with Crippen LogP contribution in [-0.4, -0.2) is 10.4 Å². The molecule has 0 aliphatic carbocycles. The Balaban J connectivity index is 2.81. The number of rotatable bonds is 4. The van der Waals surface area contributed by atoms with Crippen LogP contribution in [-0.2, 0) is 11.3 Å². The Kier molecular flexibility index (Phi) is 4.07. The van der Waals surface area contributed by atoms with Gasteiger partial charge < -0.3 is 4.57 Å². The number of ketones is 1. The summed E-state index contributed by atoms with van der Waals surface area (Å²) in [4.78, 5) is 22.6. The van der Waals surface area contributed by atoms with Crippen LogP contribution in [0.3, 0.4) is 0 Å². The van der Waals surface area contributed by atoms with Crippen LogP contribution in [0.25, 0.3) is 0 Å². The van der Waals surface area contributed by atoms with Crippen LogP contribution in [0.5, 0.6) is 0 Å². The van der Waals surface area contributed by atoms with Gasteiger partial charge in [0.05, 0.1) is 6.54 Å². The van der Waals surface area contributed by atoms with Crippen molar-refractivity contribution in [2.24, 2.45) is 0 Å². The van der Waals surface area contributed by atoms with E-state index in [2.05, 4.69) is 15.9 Å². The van der Waals surface area contributed by atoms with Gasteiger partial charge in [-0.25, -0.2) is 0 Å². The summed E-state index contributed by atoms with van der Waals surface area (Å²) in [5, 5.41) is 0. The molecular formula is C10H12BrNO2. The number of carbonyl (C=O) groups is 1. The fourth-order valence-corrected chi connectivity index (χ4v) is 1.55. The minimum absolute atomic E-state index is 0.0905. The van der Waals surface area contributed by atoms with Crippen LogP contribution in [0, 0.1) is 0 Å². The number of halogens is 1. The summed E-state index contributed by atoms with van der Waals surface area (Å²) in [6.45, 7) is 2.12. The normalized spacial score (nSPS) is 10.1. The van der Waals surface area contributed by atoms with E-state index >= 15 is 0 Å². The molecule has 0 saturated heterocycles. The topological polar surface area (TPSA) is 39.1 Å². The second-order valence-corrected chi connectivity index (χ2v) is 4.02. The van der Waals surface area contributed by atoms with Crippen molar-refractivity contribution in [2.75, 3.05) is 0 Å². The molecule has 3 nitrogen and oxygen atoms in total. The first-order valence-corrected chi connectivity index (χ1v) is 5.30. The van der Waals surface area contributed by atoms with Gasteiger partial charge in [-0.2, -0.15) is 0 Å². The Morgan fingerprint density at radius 3 is 2.86 bits per heavy atom. The Morgan fingerprint density at radius 2 is 2.21 bits per heavy atom. The van der Waals surface area contributed by atoms with E-state index in [-0.39, 0.29) is 17.9 Å². The van der Waals surface area contributed by atoms with Gasteiger partial charge in [0.25, 0.3) is 5.56 Å². The number of nitrogens with zero attached hydrogens (tertiary/aromatic N) is 1. The minimum atomic E-state index is -0.141. The highest BCUT2D eigenvalue weighted by Gasteiger charge is 2.03. The van der Waals surface area contributed by atoms with Gasteiger partial charge in [0, 0.05) is 23.2 Å². The second-order valence-electron chi connectivity index (χ2n) is 3.10. The van der Waals surface area contributed by atoms with E-state index in [0.717, 1.165) is 10.9 Å². The molecule has 0 saturated carbocycles. The monoisotopic (exact) mass is 257 g/mol. The molecule has 1 heterocycles. The first kappa shape index (κ1) is 11.2. The standard InChI is InChI=1S/C10H12BrNO2/c1-2-3-9(13)7-12-6-8(11)4-5-10(12)14/h4-6H,2-3,7H2,1H3. The molecule has 0 N–H and O–H groups in total. The lowest BCUT2D eigenvalue weighted by molar-refractivity contribution is -0.119. The number of hydrogen-bond acceptors (Lipinski definition) is 2. The van der Waals surface area contributed by atoms with Crippen LogP contribution < -0.4 is 5.56 Å². The molecule has 0 amide bonds. The highest BCUT2D eigenvalue weighted by molar-refractivity contribution is 9.10. The first-order valence-electron chi connectivity index (χ1n) is 4.51. The number of pyridine rings is 1. The summed E-state index contributed by atoms with van der Waals surface area (Å²) in [6.07, 6.45) is 2.98. The summed E-state index contributed by atoms with van der Waals surface area (Å²) in [6, 6.07) is 3.12. The molecule has 0 aromatic carbocycles. The number of carbonyl (C=O) groups excluding carboxylic acids is 1. The molecular weight excluding hydrogens is 246 g/mol. The zero-order valence-electron chi connectivity index (χ0n) is 8.00. The zero-order valence-corrected chi connectivity index (χ0v) is 9.58. The number of Topliss-reactive ketones (excluding diaryl/α,β-unsaturated/α-hetero) is 1. The van der Waals surface area contributed by atoms with Gasteiger partial charge in [-0.15, -0.1) is 0 Å². The number of hydrogen-bond donors (Lipinski definition) is 0. The molecule has 0 bridgehead atoms. The van der Waals surface area contributed by atoms with Gasteiger partial charge in [-0.3, -0.25) is 9.59 Å². The molecule has 1 rings (SSSR count). The lowest BCUT2D eigenvalue weighted by Crippen LogP contribution is -2.22. The molecule has 0 unspecified atom stereocenters. The molecule has 0 atom stereocenters. The van der Waals surface area contributed by atoms with E-state index in [1.54, 1.807) is 12.3 Å². The van der Waals surface area contributed by atoms with Crippen molar-refractivity contribution in [3.8, 4) is 0 Å². The average Bonchev–Trinajstić information content (AvgIpc) is 2.12. The Morgan fingerprint density at radius 1 is 1.50 bits per heavy atom. The predicted molar refractivity (Wildman–Crippen MR) is 58.3 cm³/mol. The second kappa shape index (κ2) is 5.10. The third-order valence-corrected chi connectivity index (χ3v) is 2.29. The average molecular weight is 258 g/mol. The SMILES string of the molecule is CCCC(=O)Cn1cc(Br)ccc1=O. The maximum absolute atomic E-state index is 11.3. The molecule has 0 radical (unpaired) electrons. The van der Waals surface area contributed by atoms with E-state index < -0.39 is 0 Å². The van der Waals surface area contributed by atoms with Crippen LogP contribution >= 0.6 is 15.9 Å². The molecule has 0 spiro atoms. The van der Waals surface area contributed by atoms with Crippen molar-refractivity contribution in [2.45, 2.75) is 26.3 Å². The largest absolute Gasteiger partial charge is 0.307 e. The van der Waals surface area contributed by atoms with Crippen LogP contribution in [0.2, 0.25) is 0 Å². The zero-order chi connectivity index (χ0) is 10.6. The lowest BCUT2D eigenvalue weighted by atomic mass is 10.2. The Bertz CT molecular complexity index is 384. The van der Waals surface area contributed by atoms with Gasteiger partial charge in [0.15, 0.2) is 5.78 Å². The molecule has 0 aliphatic heterocycles. The minimum Gasteiger partial charge on any atom is -0.307 e. The molecule has 4 heteroatoms. The van der Waals surface area contributed by atoms with Gasteiger partial charge in [0.2, 0.25) is 0 Å². The molecule has 0 aliphatic rings. The van der Waals surface area contributed by atoms with E-state index in [1.807, 2.05) is 6.92 Å². The highest BCUT2D eigenvalue weighted by atomic mass is 79.9. The summed E-state index contributed by atoms with van der Waals surface area (Å²) in [5.74, 6) is 0.0905. The highest BCUT2D eigenvalue weighted by Crippen LogP contribution is 2.05. The molecule has 76 valence electrons. The van der Waals surface area contributed by atoms with Crippen molar-refractivity contribution in [1.29, 1.82) is 0 Å². The summed E-state index contributed by atoms with van der Waals surface area (Å²) < 4.78 is 2.23. The quantitative estimate of drug-likeness (QED) is 0.828. The fraction of sp³-hybridized carbons (Fsp3) is 0.400. The van der Waals surface area contributed by atoms with Crippen LogP contribution in [0.1, 0.15) is 19.8 Å². The van der Waals surface area contributed by atoms with Gasteiger partial charge in [-0.05, 0) is 28.4 Å². The van der Waals surface area contributed by atoms with Gasteiger partial charge in [0.1, 0.15) is 0 Å². The van der Waals surface area contributed by atoms with Crippen molar-refractivity contribution in [1.82, 2.24) is 4.57 Å². The summed E-state index contributed by atoms with van der Waals surface area (Å²) >= 11 is 3.25. The lowest BCUT2D eigenvalue weighted by Gasteiger charge is -2.03. The van der Waals surface area contributed by atoms with Crippen molar-refractivity contribution >= 4 is 21.7 Å². The van der Waals surface area contributed by atoms with Crippen molar-refractivity contribution in [3.05, 3.63) is 33.2 Å². The van der Waals surface area contributed by atoms with Crippen LogP contribution in [0.15, 0.2) is 27.6 Å². The molecule has 14 heavy (non-hydrogen) atoms. The smallest absolute Gasteiger partial charge is 0.250 e. The Labute approximate surface area is 90.9 Å². The third kappa shape index (κ3) is 3.10. The van der Waals surface area contributed by atoms with Crippen LogP contribution in [0.4, 0.5) is 0 Å². The van der Waals surface area contributed by atoms with Gasteiger partial charge >= 0.3 is 0 Å². The fourth-order valence-electron chi connectivity index (χ4n) is 1.17. The van der Waals surface area contributed by atoms with Gasteiger partial charge in [-0.1, -0.05) is 6.92 Å². The molecule has 1 aromatic heterocycles. The summed E-state index contributed by atoms with van der Waals surface area (Å²) in [5.41, 5.74) is -0.141. The maximum atomic E-state index is 11.3. The summed E-state index contributed by atoms with van der Waals surface area (Å²) in [7, 11) is 0. The van der Waals surface area contributed by atoms with Crippen molar-refractivity contribution < 1.29 is 4.79 Å². The molecule has 1 aromatic rings. The van der Waals surface area contributed by atoms with E-state index in [9.17, 15) is 9.59 Å². The van der Waals surface area contributed by atoms with Crippen molar-refractivity contribution in [3.63, 3.8) is 0 Å². The first-order chi connectivity index (χ1) is 6.63. The van der Waals surface area contributed by atoms with E-state index in [1.165, 1.54) is 10.6 Å². The van der Waals surface area contributed by atoms with E-state index in [0.29, 0.717) is 6.42 Å². The van der Waals surface area contributed by atoms with E-state index in [4.69, 9.17) is 0 Å². The third-order valence-electron chi connectivity index (χ3n) is 1.82. The maximum Gasteiger partial charge on any atom is 0.250 e. The predicted octanol–water partition coefficient (Wildman–Crippen LogP) is 1.98. The number of aromatic nitrogens is 1.